The van der Waals surface area contributed by atoms with Gasteiger partial charge in [0.25, 0.3) is 11.5 Å². The Morgan fingerprint density at radius 3 is 2.55 bits per heavy atom. The van der Waals surface area contributed by atoms with Gasteiger partial charge in [0.15, 0.2) is 5.78 Å². The number of rotatable bonds is 9. The minimum Gasteiger partial charge on any atom is -0.355 e. The maximum Gasteiger partial charge on any atom is 0.263 e. The lowest BCUT2D eigenvalue weighted by Crippen LogP contribution is -2.38. The third kappa shape index (κ3) is 6.10. The molecule has 7 heteroatoms. The number of ketones is 1. The standard InChI is InChI=1S/C24H30FN3O3/c1-26-22(30)20-15-19(17-28(23(20)31)16-18-7-3-2-4-8-18)21(29)9-5-6-10-24(25)11-13-27-14-12-24/h2-4,7-8,15,17,27H,5-6,9-14,16H2,1H3,(H,26,30). The SMILES string of the molecule is CNC(=O)c1cc(C(=O)CCCCC2(F)CCNCC2)cn(Cc2ccccc2)c1=O. The molecule has 0 radical (unpaired) electrons. The fourth-order valence-corrected chi connectivity index (χ4v) is 3.98. The van der Waals surface area contributed by atoms with Crippen molar-refractivity contribution < 1.29 is 14.0 Å². The number of halogens is 1. The summed E-state index contributed by atoms with van der Waals surface area (Å²) in [6.07, 6.45) is 4.47. The summed E-state index contributed by atoms with van der Waals surface area (Å²) in [5.41, 5.74) is -0.409. The van der Waals surface area contributed by atoms with Gasteiger partial charge in [-0.25, -0.2) is 4.39 Å². The van der Waals surface area contributed by atoms with E-state index in [0.717, 1.165) is 5.56 Å². The van der Waals surface area contributed by atoms with Crippen molar-refractivity contribution in [1.82, 2.24) is 15.2 Å². The predicted molar refractivity (Wildman–Crippen MR) is 118 cm³/mol. The highest BCUT2D eigenvalue weighted by atomic mass is 19.1. The third-order valence-corrected chi connectivity index (χ3v) is 5.85. The van der Waals surface area contributed by atoms with Gasteiger partial charge in [0.1, 0.15) is 11.2 Å². The molecule has 1 amide bonds. The molecule has 0 saturated carbocycles. The van der Waals surface area contributed by atoms with Crippen molar-refractivity contribution in [2.24, 2.45) is 0 Å². The molecule has 2 N–H and O–H groups in total. The number of aromatic nitrogens is 1. The predicted octanol–water partition coefficient (Wildman–Crippen LogP) is 3.09. The van der Waals surface area contributed by atoms with E-state index in [9.17, 15) is 18.8 Å². The van der Waals surface area contributed by atoms with E-state index in [2.05, 4.69) is 10.6 Å². The molecule has 1 aromatic heterocycles. The molecule has 31 heavy (non-hydrogen) atoms. The monoisotopic (exact) mass is 427 g/mol. The first-order valence-corrected chi connectivity index (χ1v) is 10.9. The van der Waals surface area contributed by atoms with Crippen molar-refractivity contribution in [2.75, 3.05) is 20.1 Å². The summed E-state index contributed by atoms with van der Waals surface area (Å²) in [6, 6.07) is 10.8. The van der Waals surface area contributed by atoms with Crippen LogP contribution in [0.2, 0.25) is 0 Å². The van der Waals surface area contributed by atoms with Gasteiger partial charge >= 0.3 is 0 Å². The van der Waals surface area contributed by atoms with Crippen molar-refractivity contribution >= 4 is 11.7 Å². The molecular weight excluding hydrogens is 397 g/mol. The Morgan fingerprint density at radius 2 is 1.87 bits per heavy atom. The van der Waals surface area contributed by atoms with Crippen LogP contribution in [0.25, 0.3) is 0 Å². The van der Waals surface area contributed by atoms with Gasteiger partial charge in [-0.05, 0) is 56.8 Å². The summed E-state index contributed by atoms with van der Waals surface area (Å²) < 4.78 is 16.1. The zero-order valence-corrected chi connectivity index (χ0v) is 18.0. The summed E-state index contributed by atoms with van der Waals surface area (Å²) in [5.74, 6) is -0.670. The molecule has 0 bridgehead atoms. The number of hydrogen-bond donors (Lipinski definition) is 2. The fraction of sp³-hybridized carbons (Fsp3) is 0.458. The minimum absolute atomic E-state index is 0.0540. The normalized spacial score (nSPS) is 15.4. The number of Topliss-reactive ketones (excluding diaryl/α,β-unsaturated/α-hetero) is 1. The van der Waals surface area contributed by atoms with Gasteiger partial charge in [0, 0.05) is 25.2 Å². The molecule has 0 aliphatic carbocycles. The molecule has 0 atom stereocenters. The van der Waals surface area contributed by atoms with Crippen LogP contribution < -0.4 is 16.2 Å². The van der Waals surface area contributed by atoms with Crippen LogP contribution in [-0.2, 0) is 6.54 Å². The maximum atomic E-state index is 14.7. The van der Waals surface area contributed by atoms with Crippen LogP contribution in [0.1, 0.15) is 64.8 Å². The van der Waals surface area contributed by atoms with Gasteiger partial charge in [-0.15, -0.1) is 0 Å². The van der Waals surface area contributed by atoms with Crippen molar-refractivity contribution in [1.29, 1.82) is 0 Å². The van der Waals surface area contributed by atoms with E-state index in [4.69, 9.17) is 0 Å². The summed E-state index contributed by atoms with van der Waals surface area (Å²) >= 11 is 0. The number of pyridine rings is 1. The Kier molecular flexibility index (Phi) is 7.74. The first kappa shape index (κ1) is 22.9. The zero-order chi connectivity index (χ0) is 22.3. The molecule has 1 aliphatic heterocycles. The molecule has 0 spiro atoms. The summed E-state index contributed by atoms with van der Waals surface area (Å²) in [6.45, 7) is 1.66. The third-order valence-electron chi connectivity index (χ3n) is 5.85. The molecule has 2 aromatic rings. The molecular formula is C24H30FN3O3. The number of unbranched alkanes of at least 4 members (excludes halogenated alkanes) is 1. The van der Waals surface area contributed by atoms with Crippen molar-refractivity contribution in [3.8, 4) is 0 Å². The molecule has 166 valence electrons. The highest BCUT2D eigenvalue weighted by molar-refractivity contribution is 6.00. The van der Waals surface area contributed by atoms with Crippen LogP contribution in [0, 0.1) is 0 Å². The fourth-order valence-electron chi connectivity index (χ4n) is 3.98. The summed E-state index contributed by atoms with van der Waals surface area (Å²) in [7, 11) is 1.45. The van der Waals surface area contributed by atoms with Crippen LogP contribution in [-0.4, -0.2) is 42.1 Å². The van der Waals surface area contributed by atoms with Gasteiger partial charge in [-0.2, -0.15) is 0 Å². The van der Waals surface area contributed by atoms with Crippen LogP contribution in [0.3, 0.4) is 0 Å². The quantitative estimate of drug-likeness (QED) is 0.476. The first-order chi connectivity index (χ1) is 14.9. The number of alkyl halides is 1. The minimum atomic E-state index is -1.14. The van der Waals surface area contributed by atoms with E-state index in [1.165, 1.54) is 23.9 Å². The van der Waals surface area contributed by atoms with Crippen molar-refractivity contribution in [3.63, 3.8) is 0 Å². The van der Waals surface area contributed by atoms with E-state index in [1.807, 2.05) is 30.3 Å². The number of piperidine rings is 1. The molecule has 1 aromatic carbocycles. The second-order valence-corrected chi connectivity index (χ2v) is 8.17. The van der Waals surface area contributed by atoms with Crippen molar-refractivity contribution in [3.05, 3.63) is 69.6 Å². The zero-order valence-electron chi connectivity index (χ0n) is 18.0. The van der Waals surface area contributed by atoms with E-state index >= 15 is 0 Å². The Hall–Kier alpha value is -2.80. The van der Waals surface area contributed by atoms with Crippen LogP contribution in [0.15, 0.2) is 47.4 Å². The number of carbonyl (C=O) groups excluding carboxylic acids is 2. The van der Waals surface area contributed by atoms with Gasteiger partial charge < -0.3 is 15.2 Å². The Bertz CT molecular complexity index is 966. The number of nitrogens with one attached hydrogen (secondary N) is 2. The second kappa shape index (κ2) is 10.5. The average molecular weight is 428 g/mol. The number of amides is 1. The summed E-state index contributed by atoms with van der Waals surface area (Å²) in [4.78, 5) is 37.8. The van der Waals surface area contributed by atoms with Crippen LogP contribution in [0.5, 0.6) is 0 Å². The largest absolute Gasteiger partial charge is 0.355 e. The molecule has 1 saturated heterocycles. The van der Waals surface area contributed by atoms with E-state index in [1.54, 1.807) is 0 Å². The lowest BCUT2D eigenvalue weighted by molar-refractivity contribution is 0.0934. The smallest absolute Gasteiger partial charge is 0.263 e. The number of hydrogen-bond acceptors (Lipinski definition) is 4. The molecule has 3 rings (SSSR count). The van der Waals surface area contributed by atoms with Gasteiger partial charge in [0.2, 0.25) is 0 Å². The Morgan fingerprint density at radius 1 is 1.16 bits per heavy atom. The van der Waals surface area contributed by atoms with E-state index in [0.29, 0.717) is 50.8 Å². The van der Waals surface area contributed by atoms with Gasteiger partial charge in [0.05, 0.1) is 6.54 Å². The molecule has 0 unspecified atom stereocenters. The first-order valence-electron chi connectivity index (χ1n) is 10.9. The van der Waals surface area contributed by atoms with E-state index in [-0.39, 0.29) is 24.3 Å². The number of carbonyl (C=O) groups is 2. The molecule has 2 heterocycles. The Balaban J connectivity index is 1.71. The van der Waals surface area contributed by atoms with Crippen LogP contribution >= 0.6 is 0 Å². The van der Waals surface area contributed by atoms with Crippen molar-refractivity contribution in [2.45, 2.75) is 50.7 Å². The molecule has 1 fully saturated rings. The van der Waals surface area contributed by atoms with E-state index < -0.39 is 17.1 Å². The number of nitrogens with zero attached hydrogens (tertiary/aromatic N) is 1. The maximum absolute atomic E-state index is 14.7. The van der Waals surface area contributed by atoms with Crippen LogP contribution in [0.4, 0.5) is 4.39 Å². The molecule has 6 nitrogen and oxygen atoms in total. The summed E-state index contributed by atoms with van der Waals surface area (Å²) in [5, 5.41) is 5.62. The topological polar surface area (TPSA) is 80.2 Å². The second-order valence-electron chi connectivity index (χ2n) is 8.17. The lowest BCUT2D eigenvalue weighted by atomic mass is 9.88. The highest BCUT2D eigenvalue weighted by Crippen LogP contribution is 2.29. The van der Waals surface area contributed by atoms with Gasteiger partial charge in [-0.1, -0.05) is 30.3 Å². The number of benzene rings is 1. The van der Waals surface area contributed by atoms with Gasteiger partial charge in [-0.3, -0.25) is 14.4 Å². The average Bonchev–Trinajstić information content (AvgIpc) is 2.78. The molecule has 1 aliphatic rings. The lowest BCUT2D eigenvalue weighted by Gasteiger charge is -2.30. The highest BCUT2D eigenvalue weighted by Gasteiger charge is 2.30. The Labute approximate surface area is 181 Å².